The van der Waals surface area contributed by atoms with Crippen LogP contribution in [0.15, 0.2) is 65.1 Å². The van der Waals surface area contributed by atoms with Crippen LogP contribution in [0.4, 0.5) is 0 Å². The lowest BCUT2D eigenvalue weighted by Gasteiger charge is -2.14. The summed E-state index contributed by atoms with van der Waals surface area (Å²) in [7, 11) is 1.57. The van der Waals surface area contributed by atoms with Crippen LogP contribution in [0.1, 0.15) is 42.4 Å². The number of rotatable bonds is 10. The Morgan fingerprint density at radius 3 is 2.61 bits per heavy atom. The molecule has 1 heterocycles. The molecule has 0 saturated heterocycles. The fraction of sp³-hybridized carbons (Fsp3) is 0.276. The van der Waals surface area contributed by atoms with Crippen LogP contribution in [-0.4, -0.2) is 24.8 Å². The number of esters is 1. The van der Waals surface area contributed by atoms with Gasteiger partial charge in [0, 0.05) is 29.1 Å². The Bertz CT molecular complexity index is 1360. The van der Waals surface area contributed by atoms with Gasteiger partial charge in [-0.25, -0.2) is 0 Å². The summed E-state index contributed by atoms with van der Waals surface area (Å²) in [5.41, 5.74) is 11.0. The Balaban J connectivity index is 1.71. The minimum Gasteiger partial charge on any atom is -0.497 e. The van der Waals surface area contributed by atoms with Gasteiger partial charge in [-0.1, -0.05) is 30.3 Å². The first-order chi connectivity index (χ1) is 17.4. The van der Waals surface area contributed by atoms with Crippen molar-refractivity contribution in [3.63, 3.8) is 0 Å². The van der Waals surface area contributed by atoms with E-state index in [4.69, 9.17) is 24.4 Å². The van der Waals surface area contributed by atoms with Gasteiger partial charge in [0.15, 0.2) is 0 Å². The largest absolute Gasteiger partial charge is 0.497 e. The number of carbonyl (C=O) groups excluding carboxylic acids is 1. The molecule has 3 N–H and O–H groups in total. The van der Waals surface area contributed by atoms with Gasteiger partial charge in [-0.3, -0.25) is 4.79 Å². The van der Waals surface area contributed by atoms with Crippen LogP contribution >= 0.6 is 0 Å². The summed E-state index contributed by atoms with van der Waals surface area (Å²) >= 11 is 0. The molecule has 4 aromatic rings. The Morgan fingerprint density at radius 2 is 1.89 bits per heavy atom. The number of hydrogen-bond acceptors (Lipinski definition) is 7. The van der Waals surface area contributed by atoms with E-state index in [1.807, 2.05) is 36.4 Å². The zero-order chi connectivity index (χ0) is 25.7. The normalized spacial score (nSPS) is 11.9. The Kier molecular flexibility index (Phi) is 7.93. The van der Waals surface area contributed by atoms with Gasteiger partial charge in [-0.05, 0) is 54.8 Å². The molecule has 1 unspecified atom stereocenters. The fourth-order valence-corrected chi connectivity index (χ4v) is 4.17. The second kappa shape index (κ2) is 11.3. The first-order valence-electron chi connectivity index (χ1n) is 11.9. The number of aliphatic hydroxyl groups excluding tert-OH is 1. The van der Waals surface area contributed by atoms with Crippen LogP contribution < -0.4 is 15.2 Å². The maximum atomic E-state index is 12.1. The third-order valence-electron chi connectivity index (χ3n) is 5.98. The van der Waals surface area contributed by atoms with Crippen LogP contribution in [0.5, 0.6) is 11.5 Å². The van der Waals surface area contributed by atoms with Crippen molar-refractivity contribution in [1.82, 2.24) is 0 Å². The number of ether oxygens (including phenoxy) is 3. The van der Waals surface area contributed by atoms with Gasteiger partial charge in [0.2, 0.25) is 0 Å². The molecule has 0 spiro atoms. The second-order valence-electron chi connectivity index (χ2n) is 8.48. The smallest absolute Gasteiger partial charge is 0.310 e. The number of benzene rings is 3. The third-order valence-corrected chi connectivity index (χ3v) is 5.98. The van der Waals surface area contributed by atoms with Gasteiger partial charge in [-0.15, -0.1) is 0 Å². The van der Waals surface area contributed by atoms with E-state index in [0.29, 0.717) is 41.6 Å². The lowest BCUT2D eigenvalue weighted by molar-refractivity contribution is -0.142. The van der Waals surface area contributed by atoms with Crippen molar-refractivity contribution < 1.29 is 28.5 Å². The number of aliphatic hydroxyl groups is 1. The predicted octanol–water partition coefficient (Wildman–Crippen LogP) is 5.31. The van der Waals surface area contributed by atoms with Crippen molar-refractivity contribution in [1.29, 1.82) is 0 Å². The summed E-state index contributed by atoms with van der Waals surface area (Å²) in [6.07, 6.45) is -0.756. The van der Waals surface area contributed by atoms with Gasteiger partial charge in [0.1, 0.15) is 35.6 Å². The summed E-state index contributed by atoms with van der Waals surface area (Å²) in [6.45, 7) is 4.32. The monoisotopic (exact) mass is 489 g/mol. The summed E-state index contributed by atoms with van der Waals surface area (Å²) < 4.78 is 22.7. The molecule has 7 nitrogen and oxygen atoms in total. The lowest BCUT2D eigenvalue weighted by atomic mass is 10.00. The highest BCUT2D eigenvalue weighted by Crippen LogP contribution is 2.35. The van der Waals surface area contributed by atoms with E-state index in [0.717, 1.165) is 27.6 Å². The molecular weight excluding hydrogens is 458 g/mol. The van der Waals surface area contributed by atoms with E-state index in [9.17, 15) is 9.90 Å². The van der Waals surface area contributed by atoms with Gasteiger partial charge in [-0.2, -0.15) is 0 Å². The third kappa shape index (κ3) is 5.53. The summed E-state index contributed by atoms with van der Waals surface area (Å²) in [6, 6.07) is 19.3. The molecule has 4 rings (SSSR count). The highest BCUT2D eigenvalue weighted by molar-refractivity contribution is 5.87. The van der Waals surface area contributed by atoms with Crippen molar-refractivity contribution in [2.24, 2.45) is 5.73 Å². The first kappa shape index (κ1) is 25.3. The number of hydrogen-bond donors (Lipinski definition) is 2. The minimum absolute atomic E-state index is 0.0736. The lowest BCUT2D eigenvalue weighted by Crippen LogP contribution is -2.09. The molecule has 7 heteroatoms. The number of methoxy groups -OCH3 is 1. The first-order valence-corrected chi connectivity index (χ1v) is 11.9. The van der Waals surface area contributed by atoms with Crippen molar-refractivity contribution in [2.75, 3.05) is 13.7 Å². The predicted molar refractivity (Wildman–Crippen MR) is 138 cm³/mol. The van der Waals surface area contributed by atoms with Crippen LogP contribution in [0.3, 0.4) is 0 Å². The van der Waals surface area contributed by atoms with E-state index in [-0.39, 0.29) is 19.0 Å². The van der Waals surface area contributed by atoms with Gasteiger partial charge in [0.05, 0.1) is 20.1 Å². The Morgan fingerprint density at radius 1 is 1.08 bits per heavy atom. The van der Waals surface area contributed by atoms with E-state index in [2.05, 4.69) is 6.07 Å². The summed E-state index contributed by atoms with van der Waals surface area (Å²) in [5.74, 6) is 1.20. The average molecular weight is 490 g/mol. The maximum Gasteiger partial charge on any atom is 0.310 e. The van der Waals surface area contributed by atoms with Crippen molar-refractivity contribution >= 4 is 16.9 Å². The van der Waals surface area contributed by atoms with E-state index in [1.54, 1.807) is 39.2 Å². The molecule has 188 valence electrons. The SMILES string of the molecule is CCOC(=O)Cc1ccc(OC)cc1OCc1c(C(C)O)oc2ccc(-c3cccc(CN)c3)cc12. The summed E-state index contributed by atoms with van der Waals surface area (Å²) in [4.78, 5) is 12.1. The highest BCUT2D eigenvalue weighted by atomic mass is 16.5. The van der Waals surface area contributed by atoms with Crippen LogP contribution in [0.2, 0.25) is 0 Å². The molecule has 0 fully saturated rings. The van der Waals surface area contributed by atoms with Crippen molar-refractivity contribution in [2.45, 2.75) is 39.5 Å². The minimum atomic E-state index is -0.829. The zero-order valence-corrected chi connectivity index (χ0v) is 20.7. The van der Waals surface area contributed by atoms with Crippen LogP contribution in [0.25, 0.3) is 22.1 Å². The fourth-order valence-electron chi connectivity index (χ4n) is 4.17. The number of fused-ring (bicyclic) bond motifs is 1. The number of carbonyl (C=O) groups is 1. The molecule has 0 bridgehead atoms. The molecule has 36 heavy (non-hydrogen) atoms. The molecule has 0 radical (unpaired) electrons. The Hall–Kier alpha value is -3.81. The Labute approximate surface area is 210 Å². The molecule has 3 aromatic carbocycles. The quantitative estimate of drug-likeness (QED) is 0.291. The van der Waals surface area contributed by atoms with Crippen molar-refractivity contribution in [3.05, 3.63) is 83.1 Å². The highest BCUT2D eigenvalue weighted by Gasteiger charge is 2.20. The molecule has 0 aliphatic heterocycles. The maximum absolute atomic E-state index is 12.1. The van der Waals surface area contributed by atoms with Crippen LogP contribution in [0, 0.1) is 0 Å². The van der Waals surface area contributed by atoms with Gasteiger partial charge in [0.25, 0.3) is 0 Å². The van der Waals surface area contributed by atoms with E-state index >= 15 is 0 Å². The molecule has 0 saturated carbocycles. The molecule has 0 aliphatic rings. The van der Waals surface area contributed by atoms with E-state index < -0.39 is 6.10 Å². The zero-order valence-electron chi connectivity index (χ0n) is 20.7. The number of furan rings is 1. The standard InChI is InChI=1S/C29H31NO6/c1-4-34-28(32)14-22-8-10-23(33-3)15-27(22)35-17-25-24-13-21(20-7-5-6-19(12-20)16-30)9-11-26(24)36-29(25)18(2)31/h5-13,15,18,31H,4,14,16-17,30H2,1-3H3. The number of nitrogens with two attached hydrogens (primary N) is 1. The molecule has 0 amide bonds. The van der Waals surface area contributed by atoms with E-state index in [1.165, 1.54) is 0 Å². The average Bonchev–Trinajstić information content (AvgIpc) is 3.26. The topological polar surface area (TPSA) is 104 Å². The van der Waals surface area contributed by atoms with Crippen molar-refractivity contribution in [3.8, 4) is 22.6 Å². The molecule has 0 aliphatic carbocycles. The summed E-state index contributed by atoms with van der Waals surface area (Å²) in [5, 5.41) is 11.3. The molecule has 1 aromatic heterocycles. The molecule has 1 atom stereocenters. The van der Waals surface area contributed by atoms with Crippen LogP contribution in [-0.2, 0) is 29.1 Å². The molecular formula is C29H31NO6. The second-order valence-corrected chi connectivity index (χ2v) is 8.48. The van der Waals surface area contributed by atoms with Gasteiger partial charge >= 0.3 is 5.97 Å². The van der Waals surface area contributed by atoms with Gasteiger partial charge < -0.3 is 29.5 Å².